The monoisotopic (exact) mass is 323 g/mol. The Labute approximate surface area is 131 Å². The van der Waals surface area contributed by atoms with Gasteiger partial charge in [-0.2, -0.15) is 0 Å². The van der Waals surface area contributed by atoms with Gasteiger partial charge in [-0.05, 0) is 30.5 Å². The van der Waals surface area contributed by atoms with Gasteiger partial charge in [-0.3, -0.25) is 0 Å². The summed E-state index contributed by atoms with van der Waals surface area (Å²) in [6.45, 7) is 1.95. The quantitative estimate of drug-likeness (QED) is 0.944. The number of β-amino-alcohol motifs (C(OH)–C–C–N with tert-alkyl or cyclic N) is 1. The lowest BCUT2D eigenvalue weighted by Gasteiger charge is -2.26. The molecule has 1 aromatic heterocycles. The molecule has 23 heavy (non-hydrogen) atoms. The maximum absolute atomic E-state index is 14.5. The lowest BCUT2D eigenvalue weighted by Crippen LogP contribution is -2.27. The predicted octanol–water partition coefficient (Wildman–Crippen LogP) is 2.77. The molecule has 1 N–H and O–H groups in total. The summed E-state index contributed by atoms with van der Waals surface area (Å²) < 4.78 is 41.1. The second-order valence-corrected chi connectivity index (χ2v) is 5.54. The smallest absolute Gasteiger partial charge is 0.187 e. The van der Waals surface area contributed by atoms with Gasteiger partial charge in [-0.15, -0.1) is 0 Å². The van der Waals surface area contributed by atoms with E-state index in [4.69, 9.17) is 0 Å². The zero-order chi connectivity index (χ0) is 16.6. The van der Waals surface area contributed by atoms with E-state index in [0.29, 0.717) is 12.0 Å². The minimum atomic E-state index is -0.971. The first-order chi connectivity index (χ1) is 11.0. The van der Waals surface area contributed by atoms with Gasteiger partial charge in [0.25, 0.3) is 0 Å². The fourth-order valence-corrected chi connectivity index (χ4v) is 2.93. The zero-order valence-corrected chi connectivity index (χ0v) is 12.5. The molecule has 0 bridgehead atoms. The molecule has 1 aliphatic rings. The summed E-state index contributed by atoms with van der Waals surface area (Å²) in [5, 5.41) is 9.96. The highest BCUT2D eigenvalue weighted by molar-refractivity contribution is 5.46. The Kier molecular flexibility index (Phi) is 4.21. The van der Waals surface area contributed by atoms with Crippen molar-refractivity contribution in [1.82, 2.24) is 9.97 Å². The Morgan fingerprint density at radius 1 is 1.22 bits per heavy atom. The summed E-state index contributed by atoms with van der Waals surface area (Å²) in [5.41, 5.74) is 0.747. The number of hydrogen-bond acceptors (Lipinski definition) is 4. The molecule has 0 spiro atoms. The highest BCUT2D eigenvalue weighted by Gasteiger charge is 2.35. The standard InChI is InChI=1S/C16H16F3N3O/c1-2-13-15(19)16(21-8-20-13)22-7-10(23)6-14(22)9-3-4-11(17)12(18)5-9/h3-5,8,10,14,23H,2,6-7H2,1H3. The van der Waals surface area contributed by atoms with Crippen LogP contribution in [0.4, 0.5) is 19.0 Å². The molecule has 0 aliphatic carbocycles. The van der Waals surface area contributed by atoms with Gasteiger partial charge < -0.3 is 10.0 Å². The topological polar surface area (TPSA) is 49.2 Å². The van der Waals surface area contributed by atoms with Crippen LogP contribution in [0.1, 0.15) is 30.6 Å². The Morgan fingerprint density at radius 3 is 2.70 bits per heavy atom. The van der Waals surface area contributed by atoms with Crippen LogP contribution in [0.25, 0.3) is 0 Å². The first kappa shape index (κ1) is 15.7. The van der Waals surface area contributed by atoms with E-state index in [1.165, 1.54) is 12.4 Å². The van der Waals surface area contributed by atoms with Gasteiger partial charge in [0.05, 0.1) is 17.8 Å². The van der Waals surface area contributed by atoms with Crippen LogP contribution in [0.15, 0.2) is 24.5 Å². The number of nitrogens with zero attached hydrogens (tertiary/aromatic N) is 3. The number of hydrogen-bond donors (Lipinski definition) is 1. The van der Waals surface area contributed by atoms with Crippen LogP contribution in [0.3, 0.4) is 0 Å². The molecule has 2 atom stereocenters. The van der Waals surface area contributed by atoms with Crippen molar-refractivity contribution in [2.45, 2.75) is 31.9 Å². The molecular weight excluding hydrogens is 307 g/mol. The fraction of sp³-hybridized carbons (Fsp3) is 0.375. The lowest BCUT2D eigenvalue weighted by molar-refractivity contribution is 0.194. The lowest BCUT2D eigenvalue weighted by atomic mass is 10.0. The number of benzene rings is 1. The van der Waals surface area contributed by atoms with Gasteiger partial charge >= 0.3 is 0 Å². The molecule has 4 nitrogen and oxygen atoms in total. The van der Waals surface area contributed by atoms with E-state index in [9.17, 15) is 18.3 Å². The fourth-order valence-electron chi connectivity index (χ4n) is 2.93. The molecule has 1 fully saturated rings. The van der Waals surface area contributed by atoms with E-state index in [2.05, 4.69) is 9.97 Å². The van der Waals surface area contributed by atoms with Crippen molar-refractivity contribution >= 4 is 5.82 Å². The van der Waals surface area contributed by atoms with Crippen LogP contribution >= 0.6 is 0 Å². The summed E-state index contributed by atoms with van der Waals surface area (Å²) in [5.74, 6) is -2.39. The van der Waals surface area contributed by atoms with Crippen LogP contribution in [0, 0.1) is 17.5 Å². The summed E-state index contributed by atoms with van der Waals surface area (Å²) in [6, 6.07) is 3.06. The summed E-state index contributed by atoms with van der Waals surface area (Å²) >= 11 is 0. The van der Waals surface area contributed by atoms with Crippen LogP contribution in [-0.2, 0) is 6.42 Å². The summed E-state index contributed by atoms with van der Waals surface area (Å²) in [4.78, 5) is 9.44. The molecule has 0 saturated carbocycles. The van der Waals surface area contributed by atoms with Gasteiger partial charge in [0.1, 0.15) is 6.33 Å². The normalized spacial score (nSPS) is 21.0. The van der Waals surface area contributed by atoms with Crippen molar-refractivity contribution < 1.29 is 18.3 Å². The van der Waals surface area contributed by atoms with Crippen molar-refractivity contribution in [1.29, 1.82) is 0 Å². The van der Waals surface area contributed by atoms with Gasteiger partial charge in [0, 0.05) is 6.54 Å². The van der Waals surface area contributed by atoms with Gasteiger partial charge in [0.15, 0.2) is 23.3 Å². The molecule has 0 amide bonds. The largest absolute Gasteiger partial charge is 0.391 e. The van der Waals surface area contributed by atoms with Crippen LogP contribution in [0.5, 0.6) is 0 Å². The maximum Gasteiger partial charge on any atom is 0.187 e. The molecule has 1 aliphatic heterocycles. The second-order valence-electron chi connectivity index (χ2n) is 5.54. The summed E-state index contributed by atoms with van der Waals surface area (Å²) in [6.07, 6.45) is 1.26. The van der Waals surface area contributed by atoms with Crippen molar-refractivity contribution in [3.05, 3.63) is 53.2 Å². The number of anilines is 1. The van der Waals surface area contributed by atoms with Crippen molar-refractivity contribution in [2.24, 2.45) is 0 Å². The number of aromatic nitrogens is 2. The second kappa shape index (κ2) is 6.16. The van der Waals surface area contributed by atoms with Crippen LogP contribution in [0.2, 0.25) is 0 Å². The van der Waals surface area contributed by atoms with Crippen molar-refractivity contribution in [2.75, 3.05) is 11.4 Å². The first-order valence-electron chi connectivity index (χ1n) is 7.40. The van der Waals surface area contributed by atoms with E-state index in [0.717, 1.165) is 12.1 Å². The Balaban J connectivity index is 2.01. The van der Waals surface area contributed by atoms with Crippen molar-refractivity contribution in [3.8, 4) is 0 Å². The summed E-state index contributed by atoms with van der Waals surface area (Å²) in [7, 11) is 0. The molecule has 0 radical (unpaired) electrons. The number of halogens is 3. The SMILES string of the molecule is CCc1ncnc(N2CC(O)CC2c2ccc(F)c(F)c2)c1F. The Hall–Kier alpha value is -2.15. The number of aryl methyl sites for hydroxylation is 1. The van der Waals surface area contributed by atoms with E-state index >= 15 is 0 Å². The molecule has 7 heteroatoms. The van der Waals surface area contributed by atoms with E-state index in [-0.39, 0.29) is 24.5 Å². The number of aliphatic hydroxyl groups is 1. The average molecular weight is 323 g/mol. The van der Waals surface area contributed by atoms with Crippen molar-refractivity contribution in [3.63, 3.8) is 0 Å². The zero-order valence-electron chi connectivity index (χ0n) is 12.5. The third kappa shape index (κ3) is 2.88. The molecule has 1 aromatic carbocycles. The van der Waals surface area contributed by atoms with Gasteiger partial charge in [0.2, 0.25) is 0 Å². The highest BCUT2D eigenvalue weighted by Crippen LogP contribution is 2.37. The van der Waals surface area contributed by atoms with E-state index < -0.39 is 29.6 Å². The molecule has 122 valence electrons. The maximum atomic E-state index is 14.5. The predicted molar refractivity (Wildman–Crippen MR) is 78.4 cm³/mol. The van der Waals surface area contributed by atoms with Crippen LogP contribution in [-0.4, -0.2) is 27.7 Å². The minimum Gasteiger partial charge on any atom is -0.391 e. The Morgan fingerprint density at radius 2 is 2.00 bits per heavy atom. The van der Waals surface area contributed by atoms with E-state index in [1.807, 2.05) is 0 Å². The minimum absolute atomic E-state index is 0.0723. The van der Waals surface area contributed by atoms with Crippen LogP contribution < -0.4 is 4.90 Å². The third-order valence-corrected chi connectivity index (χ3v) is 4.06. The van der Waals surface area contributed by atoms with Gasteiger partial charge in [-0.25, -0.2) is 23.1 Å². The number of rotatable bonds is 3. The molecule has 3 rings (SSSR count). The molecule has 2 aromatic rings. The Bertz CT molecular complexity index is 726. The third-order valence-electron chi connectivity index (χ3n) is 4.06. The molecular formula is C16H16F3N3O. The van der Waals surface area contributed by atoms with Gasteiger partial charge in [-0.1, -0.05) is 13.0 Å². The molecule has 2 heterocycles. The average Bonchev–Trinajstić information content (AvgIpc) is 2.92. The molecule has 2 unspecified atom stereocenters. The highest BCUT2D eigenvalue weighted by atomic mass is 19.2. The molecule has 1 saturated heterocycles. The number of aliphatic hydroxyl groups excluding tert-OH is 1. The van der Waals surface area contributed by atoms with E-state index in [1.54, 1.807) is 11.8 Å². The first-order valence-corrected chi connectivity index (χ1v) is 7.40.